The Morgan fingerprint density at radius 3 is 2.85 bits per heavy atom. The maximum absolute atomic E-state index is 12.6. The molecule has 0 saturated carbocycles. The van der Waals surface area contributed by atoms with Crippen LogP contribution in [0.2, 0.25) is 5.02 Å². The molecule has 0 unspecified atom stereocenters. The Balaban J connectivity index is 1.58. The van der Waals surface area contributed by atoms with Crippen LogP contribution in [0.3, 0.4) is 0 Å². The fraction of sp³-hybridized carbons (Fsp3) is 0.111. The second-order valence-electron chi connectivity index (χ2n) is 5.53. The number of allylic oxidation sites excluding steroid dienone is 1. The van der Waals surface area contributed by atoms with E-state index in [1.165, 1.54) is 23.1 Å². The molecule has 0 aliphatic heterocycles. The molecule has 3 aromatic heterocycles. The number of hydrogen-bond acceptors (Lipinski definition) is 7. The average Bonchev–Trinajstić information content (AvgIpc) is 3.33. The van der Waals surface area contributed by atoms with Gasteiger partial charge in [-0.15, -0.1) is 28.1 Å². The predicted octanol–water partition coefficient (Wildman–Crippen LogP) is 4.64. The zero-order chi connectivity index (χ0) is 18.8. The third-order valence-electron chi connectivity index (χ3n) is 3.74. The van der Waals surface area contributed by atoms with E-state index in [0.29, 0.717) is 39.6 Å². The van der Waals surface area contributed by atoms with E-state index in [1.807, 2.05) is 17.5 Å². The third kappa shape index (κ3) is 3.69. The van der Waals surface area contributed by atoms with Crippen molar-refractivity contribution in [2.24, 2.45) is 0 Å². The summed E-state index contributed by atoms with van der Waals surface area (Å²) in [7, 11) is 0. The van der Waals surface area contributed by atoms with Crippen LogP contribution in [0.15, 0.2) is 62.7 Å². The summed E-state index contributed by atoms with van der Waals surface area (Å²) in [4.78, 5) is 17.9. The second kappa shape index (κ2) is 7.67. The summed E-state index contributed by atoms with van der Waals surface area (Å²) in [5, 5.41) is 11.9. The first-order valence-corrected chi connectivity index (χ1v) is 10.2. The van der Waals surface area contributed by atoms with Crippen molar-refractivity contribution in [2.75, 3.05) is 0 Å². The van der Waals surface area contributed by atoms with Crippen LogP contribution in [0.1, 0.15) is 5.89 Å². The largest absolute Gasteiger partial charge is 0.420 e. The van der Waals surface area contributed by atoms with Crippen LogP contribution in [0.5, 0.6) is 0 Å². The molecule has 3 heterocycles. The molecular formula is C18H13ClN4O2S2. The lowest BCUT2D eigenvalue weighted by Crippen LogP contribution is -2.22. The maximum Gasteiger partial charge on any atom is 0.263 e. The number of hydrogen-bond donors (Lipinski definition) is 0. The van der Waals surface area contributed by atoms with Gasteiger partial charge >= 0.3 is 0 Å². The summed E-state index contributed by atoms with van der Waals surface area (Å²) >= 11 is 8.72. The number of fused-ring (bicyclic) bond motifs is 1. The number of rotatable bonds is 6. The fourth-order valence-electron chi connectivity index (χ4n) is 2.48. The summed E-state index contributed by atoms with van der Waals surface area (Å²) < 4.78 is 7.32. The van der Waals surface area contributed by atoms with Gasteiger partial charge in [-0.05, 0) is 35.7 Å². The SMILES string of the molecule is C=CCn1c(SCc2nnc(-c3ccc(Cl)cc3)o2)nc2sccc2c1=O. The standard InChI is InChI=1S/C18H13ClN4O2S2/c1-2-8-23-17(24)13-7-9-26-16(13)20-18(23)27-10-14-21-22-15(25-14)11-3-5-12(19)6-4-11/h2-7,9H,1,8,10H2. The molecule has 6 nitrogen and oxygen atoms in total. The van der Waals surface area contributed by atoms with E-state index in [1.54, 1.807) is 28.8 Å². The summed E-state index contributed by atoms with van der Waals surface area (Å²) in [5.74, 6) is 1.28. The van der Waals surface area contributed by atoms with Gasteiger partial charge in [-0.3, -0.25) is 9.36 Å². The van der Waals surface area contributed by atoms with Gasteiger partial charge in [0.25, 0.3) is 5.56 Å². The second-order valence-corrected chi connectivity index (χ2v) is 7.81. The number of halogens is 1. The summed E-state index contributed by atoms with van der Waals surface area (Å²) in [6.45, 7) is 4.11. The number of thioether (sulfide) groups is 1. The minimum Gasteiger partial charge on any atom is -0.420 e. The molecule has 136 valence electrons. The van der Waals surface area contributed by atoms with Crippen molar-refractivity contribution in [1.82, 2.24) is 19.7 Å². The molecule has 0 N–H and O–H groups in total. The Hall–Kier alpha value is -2.42. The highest BCUT2D eigenvalue weighted by atomic mass is 35.5. The topological polar surface area (TPSA) is 73.8 Å². The molecule has 4 rings (SSSR count). The molecule has 0 radical (unpaired) electrons. The smallest absolute Gasteiger partial charge is 0.263 e. The molecule has 27 heavy (non-hydrogen) atoms. The lowest BCUT2D eigenvalue weighted by Gasteiger charge is -2.08. The Labute approximate surface area is 167 Å². The summed E-state index contributed by atoms with van der Waals surface area (Å²) in [6.07, 6.45) is 1.68. The van der Waals surface area contributed by atoms with Crippen molar-refractivity contribution < 1.29 is 4.42 Å². The van der Waals surface area contributed by atoms with E-state index in [-0.39, 0.29) is 5.56 Å². The van der Waals surface area contributed by atoms with Crippen LogP contribution >= 0.6 is 34.7 Å². The van der Waals surface area contributed by atoms with Gasteiger partial charge < -0.3 is 4.42 Å². The minimum atomic E-state index is -0.0731. The molecule has 4 aromatic rings. The molecule has 0 aliphatic carbocycles. The van der Waals surface area contributed by atoms with Gasteiger partial charge in [-0.25, -0.2) is 4.98 Å². The fourth-order valence-corrected chi connectivity index (χ4v) is 4.25. The van der Waals surface area contributed by atoms with Crippen molar-refractivity contribution in [3.8, 4) is 11.5 Å². The maximum atomic E-state index is 12.6. The molecule has 0 bridgehead atoms. The van der Waals surface area contributed by atoms with Crippen LogP contribution in [0.25, 0.3) is 21.7 Å². The number of thiophene rings is 1. The van der Waals surface area contributed by atoms with E-state index < -0.39 is 0 Å². The summed E-state index contributed by atoms with van der Waals surface area (Å²) in [5.41, 5.74) is 0.723. The normalized spacial score (nSPS) is 11.1. The minimum absolute atomic E-state index is 0.0731. The lowest BCUT2D eigenvalue weighted by molar-refractivity contribution is 0.528. The van der Waals surface area contributed by atoms with E-state index in [9.17, 15) is 4.79 Å². The van der Waals surface area contributed by atoms with E-state index >= 15 is 0 Å². The predicted molar refractivity (Wildman–Crippen MR) is 108 cm³/mol. The van der Waals surface area contributed by atoms with Gasteiger partial charge in [0.05, 0.1) is 11.1 Å². The molecule has 0 amide bonds. The number of nitrogens with zero attached hydrogens (tertiary/aromatic N) is 4. The lowest BCUT2D eigenvalue weighted by atomic mass is 10.2. The Morgan fingerprint density at radius 2 is 2.07 bits per heavy atom. The first kappa shape index (κ1) is 18.0. The van der Waals surface area contributed by atoms with E-state index in [4.69, 9.17) is 16.0 Å². The van der Waals surface area contributed by atoms with Crippen molar-refractivity contribution in [1.29, 1.82) is 0 Å². The number of aromatic nitrogens is 4. The van der Waals surface area contributed by atoms with Crippen molar-refractivity contribution >= 4 is 44.9 Å². The van der Waals surface area contributed by atoms with Crippen molar-refractivity contribution in [3.63, 3.8) is 0 Å². The first-order valence-electron chi connectivity index (χ1n) is 7.96. The highest BCUT2D eigenvalue weighted by Crippen LogP contribution is 2.26. The molecule has 9 heteroatoms. The summed E-state index contributed by atoms with van der Waals surface area (Å²) in [6, 6.07) is 8.97. The van der Waals surface area contributed by atoms with Crippen LogP contribution < -0.4 is 5.56 Å². The zero-order valence-corrected chi connectivity index (χ0v) is 16.4. The first-order chi connectivity index (χ1) is 13.2. The van der Waals surface area contributed by atoms with E-state index in [0.717, 1.165) is 10.4 Å². The van der Waals surface area contributed by atoms with Gasteiger partial charge in [0.2, 0.25) is 11.8 Å². The quantitative estimate of drug-likeness (QED) is 0.259. The monoisotopic (exact) mass is 416 g/mol. The van der Waals surface area contributed by atoms with Gasteiger partial charge in [-0.1, -0.05) is 29.4 Å². The molecular weight excluding hydrogens is 404 g/mol. The highest BCUT2D eigenvalue weighted by Gasteiger charge is 2.14. The molecule has 0 saturated heterocycles. The zero-order valence-electron chi connectivity index (χ0n) is 14.0. The number of benzene rings is 1. The molecule has 0 aliphatic rings. The molecule has 0 fully saturated rings. The van der Waals surface area contributed by atoms with Crippen LogP contribution in [-0.2, 0) is 12.3 Å². The van der Waals surface area contributed by atoms with E-state index in [2.05, 4.69) is 21.8 Å². The van der Waals surface area contributed by atoms with Crippen molar-refractivity contribution in [2.45, 2.75) is 17.5 Å². The van der Waals surface area contributed by atoms with Crippen LogP contribution in [0, 0.1) is 0 Å². The Morgan fingerprint density at radius 1 is 1.26 bits per heavy atom. The van der Waals surface area contributed by atoms with Crippen LogP contribution in [-0.4, -0.2) is 19.7 Å². The van der Waals surface area contributed by atoms with Gasteiger partial charge in [0, 0.05) is 17.1 Å². The molecule has 0 spiro atoms. The highest BCUT2D eigenvalue weighted by molar-refractivity contribution is 7.98. The molecule has 1 aromatic carbocycles. The third-order valence-corrected chi connectivity index (χ3v) is 5.76. The van der Waals surface area contributed by atoms with Gasteiger partial charge in [0.1, 0.15) is 4.83 Å². The van der Waals surface area contributed by atoms with Crippen LogP contribution in [0.4, 0.5) is 0 Å². The Kier molecular flexibility index (Phi) is 5.11. The molecule has 0 atom stereocenters. The van der Waals surface area contributed by atoms with Gasteiger partial charge in [0.15, 0.2) is 5.16 Å². The van der Waals surface area contributed by atoms with Crippen molar-refractivity contribution in [3.05, 3.63) is 69.6 Å². The average molecular weight is 417 g/mol. The van der Waals surface area contributed by atoms with Gasteiger partial charge in [-0.2, -0.15) is 0 Å². The Bertz CT molecular complexity index is 1160.